The Morgan fingerprint density at radius 2 is 1.34 bits per heavy atom. The molecule has 0 atom stereocenters. The largest absolute Gasteiger partial charge is 0.432 e. The van der Waals surface area contributed by atoms with Crippen molar-refractivity contribution in [1.29, 1.82) is 0 Å². The molecule has 0 saturated heterocycles. The fraction of sp³-hybridized carbons (Fsp3) is 0.280. The lowest BCUT2D eigenvalue weighted by Gasteiger charge is -2.18. The van der Waals surface area contributed by atoms with Gasteiger partial charge in [-0.15, -0.1) is 0 Å². The molecule has 152 valence electrons. The molecule has 0 bridgehead atoms. The second-order valence-electron chi connectivity index (χ2n) is 7.29. The van der Waals surface area contributed by atoms with E-state index < -0.39 is 18.3 Å². The van der Waals surface area contributed by atoms with Crippen LogP contribution in [0.2, 0.25) is 0 Å². The summed E-state index contributed by atoms with van der Waals surface area (Å²) in [5.41, 5.74) is 4.65. The van der Waals surface area contributed by atoms with Crippen molar-refractivity contribution in [3.05, 3.63) is 89.2 Å². The molecule has 0 radical (unpaired) electrons. The van der Waals surface area contributed by atoms with E-state index in [2.05, 4.69) is 31.2 Å². The third-order valence-corrected chi connectivity index (χ3v) is 4.90. The third kappa shape index (κ3) is 5.86. The number of ether oxygens (including phenoxy) is 1. The molecular formula is C25H25F3O. The molecule has 4 heteroatoms. The molecule has 3 aromatic carbocycles. The van der Waals surface area contributed by atoms with Crippen molar-refractivity contribution in [3.8, 4) is 16.9 Å². The number of rotatable bonds is 8. The Hall–Kier alpha value is -2.75. The zero-order valence-corrected chi connectivity index (χ0v) is 16.7. The summed E-state index contributed by atoms with van der Waals surface area (Å²) >= 11 is 0. The van der Waals surface area contributed by atoms with Crippen LogP contribution in [0.5, 0.6) is 5.75 Å². The number of halogens is 3. The minimum absolute atomic E-state index is 0.164. The topological polar surface area (TPSA) is 9.23 Å². The van der Waals surface area contributed by atoms with Crippen molar-refractivity contribution in [2.45, 2.75) is 45.6 Å². The maximum absolute atomic E-state index is 14.1. The fourth-order valence-corrected chi connectivity index (χ4v) is 3.17. The van der Waals surface area contributed by atoms with Crippen LogP contribution in [0.1, 0.15) is 36.5 Å². The van der Waals surface area contributed by atoms with Gasteiger partial charge in [-0.05, 0) is 53.6 Å². The first-order valence-corrected chi connectivity index (χ1v) is 9.87. The van der Waals surface area contributed by atoms with Crippen LogP contribution >= 0.6 is 0 Å². The minimum Gasteiger partial charge on any atom is -0.432 e. The molecule has 0 saturated carbocycles. The predicted molar refractivity (Wildman–Crippen MR) is 111 cm³/mol. The summed E-state index contributed by atoms with van der Waals surface area (Å²) in [7, 11) is 0. The summed E-state index contributed by atoms with van der Waals surface area (Å²) in [5.74, 6) is -0.725. The monoisotopic (exact) mass is 398 g/mol. The SMILES string of the molecule is CCCc1ccc(-c2ccc(CCC(F)(F)Oc3ccc(C)c(F)c3)cc2)cc1. The van der Waals surface area contributed by atoms with E-state index in [1.54, 1.807) is 6.92 Å². The number of benzene rings is 3. The Kier molecular flexibility index (Phi) is 6.63. The van der Waals surface area contributed by atoms with E-state index in [1.165, 1.54) is 17.7 Å². The lowest BCUT2D eigenvalue weighted by atomic mass is 10.00. The van der Waals surface area contributed by atoms with Crippen LogP contribution in [0, 0.1) is 12.7 Å². The van der Waals surface area contributed by atoms with Crippen LogP contribution in [0.4, 0.5) is 13.2 Å². The Balaban J connectivity index is 1.59. The zero-order chi connectivity index (χ0) is 20.9. The summed E-state index contributed by atoms with van der Waals surface area (Å²) < 4.78 is 46.5. The Bertz CT molecular complexity index is 931. The van der Waals surface area contributed by atoms with Crippen LogP contribution in [0.15, 0.2) is 66.7 Å². The zero-order valence-electron chi connectivity index (χ0n) is 16.7. The summed E-state index contributed by atoms with van der Waals surface area (Å²) in [6.07, 6.45) is -1.51. The van der Waals surface area contributed by atoms with Crippen LogP contribution in [0.25, 0.3) is 11.1 Å². The second kappa shape index (κ2) is 9.17. The molecule has 0 heterocycles. The quantitative estimate of drug-likeness (QED) is 0.385. The van der Waals surface area contributed by atoms with Crippen molar-refractivity contribution in [1.82, 2.24) is 0 Å². The fourth-order valence-electron chi connectivity index (χ4n) is 3.17. The van der Waals surface area contributed by atoms with Crippen LogP contribution in [-0.2, 0) is 12.8 Å². The van der Waals surface area contributed by atoms with Gasteiger partial charge in [-0.25, -0.2) is 4.39 Å². The van der Waals surface area contributed by atoms with Crippen molar-refractivity contribution in [3.63, 3.8) is 0 Å². The molecule has 0 aliphatic rings. The molecular weight excluding hydrogens is 373 g/mol. The van der Waals surface area contributed by atoms with Gasteiger partial charge < -0.3 is 4.74 Å². The summed E-state index contributed by atoms with van der Waals surface area (Å²) in [4.78, 5) is 0. The normalized spacial score (nSPS) is 11.5. The molecule has 29 heavy (non-hydrogen) atoms. The molecule has 0 N–H and O–H groups in total. The Labute approximate surface area is 170 Å². The maximum Gasteiger partial charge on any atom is 0.398 e. The van der Waals surface area contributed by atoms with E-state index in [9.17, 15) is 13.2 Å². The summed E-state index contributed by atoms with van der Waals surface area (Å²) in [6, 6.07) is 19.8. The molecule has 0 aromatic heterocycles. The van der Waals surface area contributed by atoms with E-state index in [1.807, 2.05) is 24.3 Å². The standard InChI is InChI=1S/C25H25F3O/c1-3-4-19-6-10-21(11-7-19)22-12-8-20(9-13-22)15-16-25(27,28)29-23-14-5-18(2)24(26)17-23/h5-14,17H,3-4,15-16H2,1-2H3. The van der Waals surface area contributed by atoms with Gasteiger partial charge in [0.15, 0.2) is 0 Å². The van der Waals surface area contributed by atoms with Crippen molar-refractivity contribution >= 4 is 0 Å². The number of aryl methyl sites for hydroxylation is 3. The third-order valence-electron chi connectivity index (χ3n) is 4.90. The van der Waals surface area contributed by atoms with Gasteiger partial charge in [-0.3, -0.25) is 0 Å². The maximum atomic E-state index is 14.1. The average Bonchev–Trinajstić information content (AvgIpc) is 2.70. The van der Waals surface area contributed by atoms with E-state index in [0.717, 1.165) is 35.6 Å². The molecule has 0 amide bonds. The molecule has 1 nitrogen and oxygen atoms in total. The highest BCUT2D eigenvalue weighted by molar-refractivity contribution is 5.64. The Morgan fingerprint density at radius 3 is 1.86 bits per heavy atom. The highest BCUT2D eigenvalue weighted by atomic mass is 19.3. The molecule has 0 fully saturated rings. The van der Waals surface area contributed by atoms with Gasteiger partial charge in [0.05, 0.1) is 6.42 Å². The Morgan fingerprint density at radius 1 is 0.793 bits per heavy atom. The van der Waals surface area contributed by atoms with Gasteiger partial charge >= 0.3 is 6.11 Å². The molecule has 0 aliphatic carbocycles. The number of hydrogen-bond donors (Lipinski definition) is 0. The van der Waals surface area contributed by atoms with Gasteiger partial charge in [0.25, 0.3) is 0 Å². The van der Waals surface area contributed by atoms with E-state index in [0.29, 0.717) is 5.56 Å². The van der Waals surface area contributed by atoms with Crippen LogP contribution < -0.4 is 4.74 Å². The van der Waals surface area contributed by atoms with E-state index in [4.69, 9.17) is 4.74 Å². The molecule has 3 aromatic rings. The number of alkyl halides is 2. The first kappa shape index (κ1) is 21.0. The van der Waals surface area contributed by atoms with E-state index >= 15 is 0 Å². The minimum atomic E-state index is -3.37. The lowest BCUT2D eigenvalue weighted by Crippen LogP contribution is -2.25. The molecule has 3 rings (SSSR count). The van der Waals surface area contributed by atoms with E-state index in [-0.39, 0.29) is 12.2 Å². The highest BCUT2D eigenvalue weighted by Gasteiger charge is 2.31. The van der Waals surface area contributed by atoms with Gasteiger partial charge in [-0.1, -0.05) is 67.9 Å². The van der Waals surface area contributed by atoms with Crippen LogP contribution in [0.3, 0.4) is 0 Å². The van der Waals surface area contributed by atoms with Gasteiger partial charge in [-0.2, -0.15) is 8.78 Å². The summed E-state index contributed by atoms with van der Waals surface area (Å²) in [5, 5.41) is 0. The van der Waals surface area contributed by atoms with Gasteiger partial charge in [0.1, 0.15) is 11.6 Å². The van der Waals surface area contributed by atoms with Crippen molar-refractivity contribution in [2.24, 2.45) is 0 Å². The average molecular weight is 398 g/mol. The molecule has 0 unspecified atom stereocenters. The van der Waals surface area contributed by atoms with Gasteiger partial charge in [0, 0.05) is 6.07 Å². The lowest BCUT2D eigenvalue weighted by molar-refractivity contribution is -0.180. The first-order valence-electron chi connectivity index (χ1n) is 9.87. The smallest absolute Gasteiger partial charge is 0.398 e. The van der Waals surface area contributed by atoms with Crippen molar-refractivity contribution < 1.29 is 17.9 Å². The van der Waals surface area contributed by atoms with Crippen molar-refractivity contribution in [2.75, 3.05) is 0 Å². The molecule has 0 aliphatic heterocycles. The first-order chi connectivity index (χ1) is 13.9. The molecule has 0 spiro atoms. The summed E-state index contributed by atoms with van der Waals surface area (Å²) in [6.45, 7) is 3.72. The number of hydrogen-bond acceptors (Lipinski definition) is 1. The second-order valence-corrected chi connectivity index (χ2v) is 7.29. The van der Waals surface area contributed by atoms with Gasteiger partial charge in [0.2, 0.25) is 0 Å². The predicted octanol–water partition coefficient (Wildman–Crippen LogP) is 7.36. The van der Waals surface area contributed by atoms with Crippen LogP contribution in [-0.4, -0.2) is 6.11 Å². The highest BCUT2D eigenvalue weighted by Crippen LogP contribution is 2.28.